The van der Waals surface area contributed by atoms with Gasteiger partial charge in [-0.25, -0.2) is 0 Å². The van der Waals surface area contributed by atoms with Crippen LogP contribution in [0.15, 0.2) is 42.5 Å². The molecule has 0 atom stereocenters. The van der Waals surface area contributed by atoms with E-state index in [4.69, 9.17) is 4.74 Å². The molecule has 0 aliphatic carbocycles. The fourth-order valence-electron chi connectivity index (χ4n) is 3.28. The first-order valence-corrected chi connectivity index (χ1v) is 9.55. The third-order valence-corrected chi connectivity index (χ3v) is 4.81. The van der Waals surface area contributed by atoms with Crippen molar-refractivity contribution in [2.24, 2.45) is 0 Å². The molecule has 1 N–H and O–H groups in total. The number of amides is 1. The predicted octanol–water partition coefficient (Wildman–Crippen LogP) is 3.70. The summed E-state index contributed by atoms with van der Waals surface area (Å²) in [6.45, 7) is 4.25. The summed E-state index contributed by atoms with van der Waals surface area (Å²) in [6, 6.07) is 12.3. The highest BCUT2D eigenvalue weighted by Gasteiger charge is 2.23. The first-order valence-electron chi connectivity index (χ1n) is 9.55. The molecule has 0 radical (unpaired) electrons. The standard InChI is InChI=1S/C21H25N3O4/c1-16-5-8-18(9-6-16)28-14-11-22-21(25)17-7-10-19(20(15-17)24(26)27)23-12-3-2-4-13-23/h5-10,15H,2-4,11-14H2,1H3,(H,22,25). The normalized spacial score (nSPS) is 13.8. The SMILES string of the molecule is Cc1ccc(OCCNC(=O)c2ccc(N3CCCCC3)c([N+](=O)[O-])c2)cc1. The Morgan fingerprint density at radius 2 is 1.86 bits per heavy atom. The lowest BCUT2D eigenvalue weighted by atomic mass is 10.1. The molecular weight excluding hydrogens is 358 g/mol. The van der Waals surface area contributed by atoms with Crippen LogP contribution in [0, 0.1) is 17.0 Å². The van der Waals surface area contributed by atoms with Crippen molar-refractivity contribution in [2.75, 3.05) is 31.1 Å². The fourth-order valence-corrected chi connectivity index (χ4v) is 3.28. The number of hydrogen-bond donors (Lipinski definition) is 1. The highest BCUT2D eigenvalue weighted by molar-refractivity contribution is 5.95. The van der Waals surface area contributed by atoms with Gasteiger partial charge in [-0.15, -0.1) is 0 Å². The van der Waals surface area contributed by atoms with Gasteiger partial charge in [0.1, 0.15) is 18.0 Å². The molecule has 148 valence electrons. The number of nitro groups is 1. The van der Waals surface area contributed by atoms with Crippen LogP contribution in [-0.4, -0.2) is 37.1 Å². The van der Waals surface area contributed by atoms with E-state index >= 15 is 0 Å². The molecule has 0 bridgehead atoms. The second-order valence-corrected chi connectivity index (χ2v) is 6.93. The van der Waals surface area contributed by atoms with Gasteiger partial charge in [0, 0.05) is 24.7 Å². The molecule has 1 heterocycles. The molecule has 0 unspecified atom stereocenters. The predicted molar refractivity (Wildman–Crippen MR) is 108 cm³/mol. The van der Waals surface area contributed by atoms with Crippen molar-refractivity contribution in [3.8, 4) is 5.75 Å². The van der Waals surface area contributed by atoms with Gasteiger partial charge in [0.25, 0.3) is 11.6 Å². The summed E-state index contributed by atoms with van der Waals surface area (Å²) in [5.74, 6) is 0.391. The number of nitrogens with one attached hydrogen (secondary N) is 1. The quantitative estimate of drug-likeness (QED) is 0.448. The van der Waals surface area contributed by atoms with Crippen LogP contribution in [0.2, 0.25) is 0 Å². The zero-order valence-corrected chi connectivity index (χ0v) is 16.0. The average molecular weight is 383 g/mol. The maximum absolute atomic E-state index is 12.4. The lowest BCUT2D eigenvalue weighted by Gasteiger charge is -2.28. The second-order valence-electron chi connectivity index (χ2n) is 6.93. The molecule has 1 amide bonds. The van der Waals surface area contributed by atoms with E-state index in [1.54, 1.807) is 12.1 Å². The van der Waals surface area contributed by atoms with E-state index in [1.165, 1.54) is 6.07 Å². The van der Waals surface area contributed by atoms with Crippen LogP contribution in [-0.2, 0) is 0 Å². The Kier molecular flexibility index (Phi) is 6.47. The molecule has 1 fully saturated rings. The Morgan fingerprint density at radius 1 is 1.14 bits per heavy atom. The number of ether oxygens (including phenoxy) is 1. The second kappa shape index (κ2) is 9.21. The molecule has 2 aromatic carbocycles. The average Bonchev–Trinajstić information content (AvgIpc) is 2.72. The van der Waals surface area contributed by atoms with Crippen LogP contribution in [0.4, 0.5) is 11.4 Å². The van der Waals surface area contributed by atoms with Gasteiger partial charge in [0.15, 0.2) is 0 Å². The minimum Gasteiger partial charge on any atom is -0.492 e. The number of carbonyl (C=O) groups is 1. The van der Waals surface area contributed by atoms with E-state index in [-0.39, 0.29) is 17.2 Å². The van der Waals surface area contributed by atoms with Crippen LogP contribution < -0.4 is 15.0 Å². The molecule has 7 heteroatoms. The Bertz CT molecular complexity index is 830. The summed E-state index contributed by atoms with van der Waals surface area (Å²) in [5.41, 5.74) is 1.99. The summed E-state index contributed by atoms with van der Waals surface area (Å²) in [5, 5.41) is 14.3. The largest absolute Gasteiger partial charge is 0.492 e. The topological polar surface area (TPSA) is 84.7 Å². The van der Waals surface area contributed by atoms with Gasteiger partial charge in [0.2, 0.25) is 0 Å². The number of aryl methyl sites for hydroxylation is 1. The van der Waals surface area contributed by atoms with E-state index in [1.807, 2.05) is 36.1 Å². The lowest BCUT2D eigenvalue weighted by Crippen LogP contribution is -2.30. The number of benzene rings is 2. The monoisotopic (exact) mass is 383 g/mol. The molecule has 0 saturated carbocycles. The van der Waals surface area contributed by atoms with Crippen LogP contribution in [0.3, 0.4) is 0 Å². The van der Waals surface area contributed by atoms with Gasteiger partial charge >= 0.3 is 0 Å². The Labute approximate surface area is 164 Å². The highest BCUT2D eigenvalue weighted by Crippen LogP contribution is 2.31. The molecule has 3 rings (SSSR count). The molecule has 28 heavy (non-hydrogen) atoms. The van der Waals surface area contributed by atoms with Crippen molar-refractivity contribution in [3.63, 3.8) is 0 Å². The molecule has 7 nitrogen and oxygen atoms in total. The highest BCUT2D eigenvalue weighted by atomic mass is 16.6. The van der Waals surface area contributed by atoms with Crippen molar-refractivity contribution in [3.05, 3.63) is 63.7 Å². The van der Waals surface area contributed by atoms with Crippen molar-refractivity contribution in [2.45, 2.75) is 26.2 Å². The number of rotatable bonds is 7. The number of carbonyl (C=O) groups excluding carboxylic acids is 1. The molecular formula is C21H25N3O4. The first-order chi connectivity index (χ1) is 13.5. The van der Waals surface area contributed by atoms with Crippen molar-refractivity contribution >= 4 is 17.3 Å². The fraction of sp³-hybridized carbons (Fsp3) is 0.381. The van der Waals surface area contributed by atoms with E-state index in [0.717, 1.165) is 43.7 Å². The Balaban J connectivity index is 1.59. The van der Waals surface area contributed by atoms with E-state index in [9.17, 15) is 14.9 Å². The van der Waals surface area contributed by atoms with E-state index < -0.39 is 4.92 Å². The minimum atomic E-state index is -0.415. The van der Waals surface area contributed by atoms with Crippen molar-refractivity contribution in [1.29, 1.82) is 0 Å². The lowest BCUT2D eigenvalue weighted by molar-refractivity contribution is -0.384. The maximum atomic E-state index is 12.4. The van der Waals surface area contributed by atoms with Crippen LogP contribution in [0.1, 0.15) is 35.2 Å². The van der Waals surface area contributed by atoms with Crippen LogP contribution in [0.25, 0.3) is 0 Å². The number of piperidine rings is 1. The smallest absolute Gasteiger partial charge is 0.293 e. The number of hydrogen-bond acceptors (Lipinski definition) is 5. The molecule has 1 saturated heterocycles. The van der Waals surface area contributed by atoms with Gasteiger partial charge in [-0.3, -0.25) is 14.9 Å². The Hall–Kier alpha value is -3.09. The zero-order chi connectivity index (χ0) is 19.9. The summed E-state index contributed by atoms with van der Waals surface area (Å²) >= 11 is 0. The number of nitro benzene ring substituents is 1. The maximum Gasteiger partial charge on any atom is 0.293 e. The van der Waals surface area contributed by atoms with Crippen molar-refractivity contribution in [1.82, 2.24) is 5.32 Å². The number of nitrogens with zero attached hydrogens (tertiary/aromatic N) is 2. The van der Waals surface area contributed by atoms with Gasteiger partial charge in [0.05, 0.1) is 11.5 Å². The molecule has 1 aliphatic rings. The summed E-state index contributed by atoms with van der Waals surface area (Å²) in [4.78, 5) is 25.5. The van der Waals surface area contributed by atoms with Gasteiger partial charge in [-0.2, -0.15) is 0 Å². The zero-order valence-electron chi connectivity index (χ0n) is 16.0. The molecule has 0 spiro atoms. The summed E-state index contributed by atoms with van der Waals surface area (Å²) < 4.78 is 5.58. The van der Waals surface area contributed by atoms with E-state index in [2.05, 4.69) is 5.32 Å². The van der Waals surface area contributed by atoms with Gasteiger partial charge in [-0.05, 0) is 50.5 Å². The third kappa shape index (κ3) is 5.00. The Morgan fingerprint density at radius 3 is 2.54 bits per heavy atom. The van der Waals surface area contributed by atoms with E-state index in [0.29, 0.717) is 18.8 Å². The van der Waals surface area contributed by atoms with Crippen LogP contribution in [0.5, 0.6) is 5.75 Å². The van der Waals surface area contributed by atoms with Gasteiger partial charge in [-0.1, -0.05) is 17.7 Å². The first kappa shape index (κ1) is 19.7. The van der Waals surface area contributed by atoms with Gasteiger partial charge < -0.3 is 15.0 Å². The summed E-state index contributed by atoms with van der Waals surface area (Å²) in [6.07, 6.45) is 3.20. The molecule has 2 aromatic rings. The molecule has 0 aromatic heterocycles. The van der Waals surface area contributed by atoms with Crippen molar-refractivity contribution < 1.29 is 14.5 Å². The number of anilines is 1. The third-order valence-electron chi connectivity index (χ3n) is 4.81. The summed E-state index contributed by atoms with van der Waals surface area (Å²) in [7, 11) is 0. The minimum absolute atomic E-state index is 0.0227. The van der Waals surface area contributed by atoms with Crippen LogP contribution >= 0.6 is 0 Å². The molecule has 1 aliphatic heterocycles.